The third kappa shape index (κ3) is 3.48. The highest BCUT2D eigenvalue weighted by Crippen LogP contribution is 2.24. The number of rotatable bonds is 5. The van der Waals surface area contributed by atoms with Crippen molar-refractivity contribution >= 4 is 44.2 Å². The van der Waals surface area contributed by atoms with E-state index in [1.54, 1.807) is 11.3 Å². The maximum Gasteiger partial charge on any atom is 0.201 e. The van der Waals surface area contributed by atoms with Gasteiger partial charge in [0.15, 0.2) is 0 Å². The number of aromatic nitrogens is 3. The number of nitrogens with zero attached hydrogens (tertiary/aromatic N) is 3. The molecule has 0 aliphatic carbocycles. The van der Waals surface area contributed by atoms with Gasteiger partial charge in [0.1, 0.15) is 5.01 Å². The van der Waals surface area contributed by atoms with Gasteiger partial charge < -0.3 is 15.2 Å². The summed E-state index contributed by atoms with van der Waals surface area (Å²) in [6.07, 6.45) is 1.95. The van der Waals surface area contributed by atoms with Crippen LogP contribution in [0.5, 0.6) is 0 Å². The highest BCUT2D eigenvalue weighted by molar-refractivity contribution is 9.10. The van der Waals surface area contributed by atoms with Crippen molar-refractivity contribution in [1.82, 2.24) is 19.9 Å². The van der Waals surface area contributed by atoms with Crippen molar-refractivity contribution in [2.45, 2.75) is 20.0 Å². The number of aromatic amines is 1. The van der Waals surface area contributed by atoms with E-state index in [0.29, 0.717) is 6.54 Å². The fourth-order valence-electron chi connectivity index (χ4n) is 2.30. The van der Waals surface area contributed by atoms with E-state index >= 15 is 0 Å². The summed E-state index contributed by atoms with van der Waals surface area (Å²) in [7, 11) is 4.12. The Morgan fingerprint density at radius 3 is 2.95 bits per heavy atom. The molecule has 2 aromatic heterocycles. The Morgan fingerprint density at radius 2 is 2.18 bits per heavy atom. The van der Waals surface area contributed by atoms with E-state index in [2.05, 4.69) is 68.2 Å². The number of fused-ring (bicyclic) bond motifs is 1. The van der Waals surface area contributed by atoms with Crippen molar-refractivity contribution in [3.63, 3.8) is 0 Å². The van der Waals surface area contributed by atoms with Crippen molar-refractivity contribution in [2.24, 2.45) is 0 Å². The summed E-state index contributed by atoms with van der Waals surface area (Å²) in [6.45, 7) is 3.67. The molecule has 0 fully saturated rings. The molecule has 7 heteroatoms. The molecule has 22 heavy (non-hydrogen) atoms. The molecule has 0 saturated carbocycles. The van der Waals surface area contributed by atoms with Crippen LogP contribution in [0, 0.1) is 6.92 Å². The Labute approximate surface area is 141 Å². The lowest BCUT2D eigenvalue weighted by molar-refractivity contribution is 0.406. The topological polar surface area (TPSA) is 56.8 Å². The Kier molecular flexibility index (Phi) is 4.46. The van der Waals surface area contributed by atoms with Crippen LogP contribution in [0.2, 0.25) is 0 Å². The first-order valence-corrected chi connectivity index (χ1v) is 8.60. The van der Waals surface area contributed by atoms with Crippen LogP contribution in [-0.2, 0) is 13.1 Å². The third-order valence-corrected chi connectivity index (χ3v) is 4.66. The van der Waals surface area contributed by atoms with Gasteiger partial charge in [0.05, 0.1) is 17.6 Å². The van der Waals surface area contributed by atoms with Gasteiger partial charge in [0.25, 0.3) is 0 Å². The number of halogens is 1. The van der Waals surface area contributed by atoms with E-state index < -0.39 is 0 Å². The highest BCUT2D eigenvalue weighted by atomic mass is 79.9. The van der Waals surface area contributed by atoms with Gasteiger partial charge in [-0.05, 0) is 38.7 Å². The first kappa shape index (κ1) is 15.5. The molecular weight excluding hydrogens is 362 g/mol. The van der Waals surface area contributed by atoms with Crippen LogP contribution in [0.25, 0.3) is 11.0 Å². The molecule has 3 rings (SSSR count). The van der Waals surface area contributed by atoms with E-state index in [1.165, 1.54) is 4.88 Å². The number of benzene rings is 1. The number of nitrogens with one attached hydrogen (secondary N) is 2. The summed E-state index contributed by atoms with van der Waals surface area (Å²) in [4.78, 5) is 15.8. The summed E-state index contributed by atoms with van der Waals surface area (Å²) in [5, 5.41) is 4.38. The molecule has 0 amide bonds. The summed E-state index contributed by atoms with van der Waals surface area (Å²) >= 11 is 5.24. The zero-order chi connectivity index (χ0) is 15.7. The molecule has 2 heterocycles. The second-order valence-electron chi connectivity index (χ2n) is 5.52. The van der Waals surface area contributed by atoms with Gasteiger partial charge in [-0.25, -0.2) is 9.97 Å². The number of H-pyrrole nitrogens is 1. The summed E-state index contributed by atoms with van der Waals surface area (Å²) in [5.41, 5.74) is 3.18. The standard InChI is InChI=1S/C15H18BrN5S/c1-9-4-10(16)5-12-14(9)20-15(19-12)18-7-13-17-6-11(22-13)8-21(2)3/h4-6H,7-8H2,1-3H3,(H2,18,19,20). The molecule has 116 valence electrons. The van der Waals surface area contributed by atoms with E-state index in [9.17, 15) is 0 Å². The number of anilines is 1. The van der Waals surface area contributed by atoms with Crippen molar-refractivity contribution in [1.29, 1.82) is 0 Å². The van der Waals surface area contributed by atoms with Crippen LogP contribution in [0.1, 0.15) is 15.4 Å². The zero-order valence-corrected chi connectivity index (χ0v) is 15.2. The smallest absolute Gasteiger partial charge is 0.201 e. The summed E-state index contributed by atoms with van der Waals surface area (Å²) in [5.74, 6) is 0.778. The van der Waals surface area contributed by atoms with Crippen LogP contribution in [0.15, 0.2) is 22.8 Å². The van der Waals surface area contributed by atoms with Gasteiger partial charge in [0.2, 0.25) is 5.95 Å². The second kappa shape index (κ2) is 6.36. The Bertz CT molecular complexity index is 792. The second-order valence-corrected chi connectivity index (χ2v) is 7.63. The highest BCUT2D eigenvalue weighted by Gasteiger charge is 2.08. The van der Waals surface area contributed by atoms with E-state index in [1.807, 2.05) is 12.3 Å². The lowest BCUT2D eigenvalue weighted by Gasteiger charge is -2.05. The monoisotopic (exact) mass is 379 g/mol. The quantitative estimate of drug-likeness (QED) is 0.708. The molecule has 0 aliphatic rings. The number of aryl methyl sites for hydroxylation is 1. The molecule has 1 aromatic carbocycles. The SMILES string of the molecule is Cc1cc(Br)cc2[nH]c(NCc3ncc(CN(C)C)s3)nc12. The predicted molar refractivity (Wildman–Crippen MR) is 95.4 cm³/mol. The van der Waals surface area contributed by atoms with Crippen LogP contribution < -0.4 is 5.32 Å². The fraction of sp³-hybridized carbons (Fsp3) is 0.333. The van der Waals surface area contributed by atoms with Crippen LogP contribution >= 0.6 is 27.3 Å². The minimum Gasteiger partial charge on any atom is -0.349 e. The molecule has 0 aliphatic heterocycles. The molecule has 0 spiro atoms. The van der Waals surface area contributed by atoms with E-state index in [0.717, 1.165) is 38.6 Å². The Morgan fingerprint density at radius 1 is 1.36 bits per heavy atom. The lowest BCUT2D eigenvalue weighted by Crippen LogP contribution is -2.09. The van der Waals surface area contributed by atoms with Gasteiger partial charge in [0, 0.05) is 22.1 Å². The molecule has 5 nitrogen and oxygen atoms in total. The van der Waals surface area contributed by atoms with Gasteiger partial charge in [-0.1, -0.05) is 15.9 Å². The maximum atomic E-state index is 4.60. The number of hydrogen-bond donors (Lipinski definition) is 2. The summed E-state index contributed by atoms with van der Waals surface area (Å²) in [6, 6.07) is 4.11. The average molecular weight is 380 g/mol. The molecule has 3 aromatic rings. The van der Waals surface area contributed by atoms with Gasteiger partial charge in [-0.2, -0.15) is 0 Å². The first-order chi connectivity index (χ1) is 10.5. The van der Waals surface area contributed by atoms with Gasteiger partial charge >= 0.3 is 0 Å². The lowest BCUT2D eigenvalue weighted by atomic mass is 10.2. The summed E-state index contributed by atoms with van der Waals surface area (Å²) < 4.78 is 1.06. The Balaban J connectivity index is 1.71. The number of imidazole rings is 1. The van der Waals surface area contributed by atoms with Gasteiger partial charge in [-0.15, -0.1) is 11.3 Å². The number of thiazole rings is 1. The minimum atomic E-state index is 0.679. The molecule has 2 N–H and O–H groups in total. The first-order valence-electron chi connectivity index (χ1n) is 6.99. The molecule has 0 bridgehead atoms. The molecule has 0 saturated heterocycles. The molecule has 0 radical (unpaired) electrons. The van der Waals surface area contributed by atoms with Crippen molar-refractivity contribution < 1.29 is 0 Å². The third-order valence-electron chi connectivity index (χ3n) is 3.22. The maximum absolute atomic E-state index is 4.60. The van der Waals surface area contributed by atoms with Crippen LogP contribution in [0.4, 0.5) is 5.95 Å². The number of hydrogen-bond acceptors (Lipinski definition) is 5. The van der Waals surface area contributed by atoms with Gasteiger partial charge in [-0.3, -0.25) is 0 Å². The van der Waals surface area contributed by atoms with Crippen molar-refractivity contribution in [3.05, 3.63) is 38.3 Å². The van der Waals surface area contributed by atoms with E-state index in [-0.39, 0.29) is 0 Å². The fourth-order valence-corrected chi connectivity index (χ4v) is 3.86. The predicted octanol–water partition coefficient (Wildman–Crippen LogP) is 3.76. The average Bonchev–Trinajstić information content (AvgIpc) is 3.02. The van der Waals surface area contributed by atoms with Crippen molar-refractivity contribution in [2.75, 3.05) is 19.4 Å². The minimum absolute atomic E-state index is 0.679. The largest absolute Gasteiger partial charge is 0.349 e. The van der Waals surface area contributed by atoms with E-state index in [4.69, 9.17) is 0 Å². The van der Waals surface area contributed by atoms with Crippen LogP contribution in [-0.4, -0.2) is 33.9 Å². The molecular formula is C15H18BrN5S. The van der Waals surface area contributed by atoms with Crippen LogP contribution in [0.3, 0.4) is 0 Å². The zero-order valence-electron chi connectivity index (χ0n) is 12.8. The Hall–Kier alpha value is -1.44. The molecule has 0 unspecified atom stereocenters. The van der Waals surface area contributed by atoms with Crippen molar-refractivity contribution in [3.8, 4) is 0 Å². The normalized spacial score (nSPS) is 11.5. The molecule has 0 atom stereocenters.